The number of amides is 4. The number of hydrogen-bond donors (Lipinski definition) is 3. The third kappa shape index (κ3) is 4.27. The number of carbonyl (C=O) groups is 4. The predicted octanol–water partition coefficient (Wildman–Crippen LogP) is 1.48. The highest BCUT2D eigenvalue weighted by Gasteiger charge is 2.44. The first-order chi connectivity index (χ1) is 14.9. The van der Waals surface area contributed by atoms with Crippen LogP contribution in [0.15, 0.2) is 18.2 Å². The van der Waals surface area contributed by atoms with Crippen LogP contribution in [0.25, 0.3) is 0 Å². The second-order valence-electron chi connectivity index (χ2n) is 9.02. The third-order valence-corrected chi connectivity index (χ3v) is 6.99. The number of piperidine rings is 1. The lowest BCUT2D eigenvalue weighted by molar-refractivity contribution is -0.136. The van der Waals surface area contributed by atoms with E-state index in [2.05, 4.69) is 10.6 Å². The second-order valence-corrected chi connectivity index (χ2v) is 9.02. The van der Waals surface area contributed by atoms with Gasteiger partial charge in [0.2, 0.25) is 11.8 Å². The minimum atomic E-state index is -0.933. The Balaban J connectivity index is 1.34. The summed E-state index contributed by atoms with van der Waals surface area (Å²) in [5.41, 5.74) is 7.87. The first kappa shape index (κ1) is 21.6. The molecule has 0 spiro atoms. The third-order valence-electron chi connectivity index (χ3n) is 6.99. The fourth-order valence-corrected chi connectivity index (χ4v) is 5.13. The highest BCUT2D eigenvalue weighted by Crippen LogP contribution is 2.40. The van der Waals surface area contributed by atoms with Crippen molar-refractivity contribution in [2.24, 2.45) is 11.1 Å². The van der Waals surface area contributed by atoms with Crippen molar-refractivity contribution in [1.29, 1.82) is 0 Å². The average molecular weight is 427 g/mol. The van der Waals surface area contributed by atoms with Gasteiger partial charge in [-0.15, -0.1) is 0 Å². The Hall–Kier alpha value is -2.58. The number of hydrogen-bond acceptors (Lipinski definition) is 6. The van der Waals surface area contributed by atoms with Crippen molar-refractivity contribution in [1.82, 2.24) is 15.5 Å². The summed E-state index contributed by atoms with van der Waals surface area (Å²) >= 11 is 0. The Kier molecular flexibility index (Phi) is 6.20. The maximum Gasteiger partial charge on any atom is 0.262 e. The molecule has 1 aliphatic carbocycles. The zero-order valence-corrected chi connectivity index (χ0v) is 17.7. The van der Waals surface area contributed by atoms with Gasteiger partial charge in [-0.05, 0) is 68.3 Å². The normalized spacial score (nSPS) is 22.7. The Labute approximate surface area is 181 Å². The van der Waals surface area contributed by atoms with Crippen LogP contribution in [0.5, 0.6) is 0 Å². The molecule has 31 heavy (non-hydrogen) atoms. The molecule has 2 fully saturated rings. The van der Waals surface area contributed by atoms with Gasteiger partial charge in [0, 0.05) is 13.0 Å². The van der Waals surface area contributed by atoms with Crippen LogP contribution in [0.1, 0.15) is 77.6 Å². The molecule has 4 N–H and O–H groups in total. The van der Waals surface area contributed by atoms with Crippen LogP contribution in [0, 0.1) is 5.41 Å². The lowest BCUT2D eigenvalue weighted by Crippen LogP contribution is -2.54. The van der Waals surface area contributed by atoms with Crippen LogP contribution in [0.4, 0.5) is 0 Å². The quantitative estimate of drug-likeness (QED) is 0.428. The van der Waals surface area contributed by atoms with Crippen LogP contribution < -0.4 is 16.4 Å². The largest absolute Gasteiger partial charge is 0.330 e. The van der Waals surface area contributed by atoms with Gasteiger partial charge in [-0.2, -0.15) is 0 Å². The number of nitrogens with two attached hydrogens (primary N) is 1. The maximum absolute atomic E-state index is 12.9. The molecular weight excluding hydrogens is 396 g/mol. The molecule has 0 bridgehead atoms. The maximum atomic E-state index is 12.9. The Morgan fingerprint density at radius 3 is 2.55 bits per heavy atom. The van der Waals surface area contributed by atoms with Gasteiger partial charge in [-0.1, -0.05) is 18.9 Å². The van der Waals surface area contributed by atoms with Crippen LogP contribution >= 0.6 is 0 Å². The second kappa shape index (κ2) is 8.88. The van der Waals surface area contributed by atoms with Gasteiger partial charge in [-0.25, -0.2) is 0 Å². The van der Waals surface area contributed by atoms with Crippen LogP contribution in [0.2, 0.25) is 0 Å². The van der Waals surface area contributed by atoms with Crippen molar-refractivity contribution in [2.45, 2.75) is 64.0 Å². The number of fused-ring (bicyclic) bond motifs is 1. The monoisotopic (exact) mass is 426 g/mol. The van der Waals surface area contributed by atoms with E-state index in [0.717, 1.165) is 36.4 Å². The standard InChI is InChI=1S/C23H30N4O4/c24-14-23(8-1-2-9-23)10-3-11-25-13-15-4-5-16-17(12-15)22(31)27(21(16)30)18-6-7-19(28)26-20(18)29/h4-5,12,18,25H,1-3,6-11,13-14,24H2,(H,26,28,29). The summed E-state index contributed by atoms with van der Waals surface area (Å²) < 4.78 is 0. The van der Waals surface area contributed by atoms with Gasteiger partial charge < -0.3 is 11.1 Å². The van der Waals surface area contributed by atoms with E-state index < -0.39 is 23.8 Å². The summed E-state index contributed by atoms with van der Waals surface area (Å²) in [6.45, 7) is 2.23. The van der Waals surface area contributed by atoms with E-state index in [1.807, 2.05) is 6.07 Å². The summed E-state index contributed by atoms with van der Waals surface area (Å²) in [7, 11) is 0. The van der Waals surface area contributed by atoms with Crippen LogP contribution in [-0.2, 0) is 16.1 Å². The minimum Gasteiger partial charge on any atom is -0.330 e. The van der Waals surface area contributed by atoms with E-state index in [-0.39, 0.29) is 18.7 Å². The summed E-state index contributed by atoms with van der Waals surface area (Å²) in [5, 5.41) is 5.63. The van der Waals surface area contributed by atoms with E-state index >= 15 is 0 Å². The number of imide groups is 2. The Morgan fingerprint density at radius 1 is 1.10 bits per heavy atom. The molecule has 1 saturated carbocycles. The summed E-state index contributed by atoms with van der Waals surface area (Å²) in [5.74, 6) is -1.91. The lowest BCUT2D eigenvalue weighted by Gasteiger charge is -2.27. The molecule has 8 heteroatoms. The average Bonchev–Trinajstić information content (AvgIpc) is 3.32. The fraction of sp³-hybridized carbons (Fsp3) is 0.565. The van der Waals surface area contributed by atoms with Crippen LogP contribution in [-0.4, -0.2) is 47.7 Å². The van der Waals surface area contributed by atoms with E-state index in [0.29, 0.717) is 23.1 Å². The molecule has 2 heterocycles. The van der Waals surface area contributed by atoms with Gasteiger partial charge >= 0.3 is 0 Å². The van der Waals surface area contributed by atoms with Gasteiger partial charge in [0.1, 0.15) is 6.04 Å². The molecule has 4 rings (SSSR count). The topological polar surface area (TPSA) is 122 Å². The molecule has 1 unspecified atom stereocenters. The van der Waals surface area contributed by atoms with Crippen molar-refractivity contribution in [2.75, 3.05) is 13.1 Å². The molecule has 1 aromatic rings. The van der Waals surface area contributed by atoms with Gasteiger partial charge in [0.15, 0.2) is 0 Å². The van der Waals surface area contributed by atoms with E-state index in [1.54, 1.807) is 12.1 Å². The number of carbonyl (C=O) groups excluding carboxylic acids is 4. The minimum absolute atomic E-state index is 0.115. The summed E-state index contributed by atoms with van der Waals surface area (Å²) in [6.07, 6.45) is 7.49. The molecule has 3 aliphatic rings. The molecule has 0 radical (unpaired) electrons. The van der Waals surface area contributed by atoms with Crippen molar-refractivity contribution >= 4 is 23.6 Å². The smallest absolute Gasteiger partial charge is 0.262 e. The molecule has 1 atom stereocenters. The molecule has 0 aromatic heterocycles. The number of nitrogens with zero attached hydrogens (tertiary/aromatic N) is 1. The first-order valence-corrected chi connectivity index (χ1v) is 11.2. The van der Waals surface area contributed by atoms with Crippen molar-refractivity contribution in [3.05, 3.63) is 34.9 Å². The number of nitrogens with one attached hydrogen (secondary N) is 2. The number of benzene rings is 1. The van der Waals surface area contributed by atoms with Crippen molar-refractivity contribution in [3.63, 3.8) is 0 Å². The molecule has 1 aromatic carbocycles. The highest BCUT2D eigenvalue weighted by atomic mass is 16.2. The Morgan fingerprint density at radius 2 is 1.84 bits per heavy atom. The van der Waals surface area contributed by atoms with E-state index in [4.69, 9.17) is 5.73 Å². The molecule has 166 valence electrons. The van der Waals surface area contributed by atoms with E-state index in [9.17, 15) is 19.2 Å². The molecule has 1 saturated heterocycles. The predicted molar refractivity (Wildman–Crippen MR) is 114 cm³/mol. The van der Waals surface area contributed by atoms with Crippen molar-refractivity contribution in [3.8, 4) is 0 Å². The SMILES string of the molecule is NCC1(CCCNCc2ccc3c(c2)C(=O)N(C2CCC(=O)NC2=O)C3=O)CCCC1. The first-order valence-electron chi connectivity index (χ1n) is 11.2. The summed E-state index contributed by atoms with van der Waals surface area (Å²) in [4.78, 5) is 50.2. The highest BCUT2D eigenvalue weighted by molar-refractivity contribution is 6.23. The zero-order valence-electron chi connectivity index (χ0n) is 17.7. The molecule has 8 nitrogen and oxygen atoms in total. The molecule has 4 amide bonds. The van der Waals surface area contributed by atoms with Gasteiger partial charge in [0.25, 0.3) is 11.8 Å². The van der Waals surface area contributed by atoms with Gasteiger partial charge in [0.05, 0.1) is 11.1 Å². The molecule has 2 aliphatic heterocycles. The van der Waals surface area contributed by atoms with Gasteiger partial charge in [-0.3, -0.25) is 29.4 Å². The van der Waals surface area contributed by atoms with Crippen molar-refractivity contribution < 1.29 is 19.2 Å². The lowest BCUT2D eigenvalue weighted by atomic mass is 9.82. The summed E-state index contributed by atoms with van der Waals surface area (Å²) in [6, 6.07) is 4.29. The fourth-order valence-electron chi connectivity index (χ4n) is 5.13. The zero-order chi connectivity index (χ0) is 22.0. The molecular formula is C23H30N4O4. The Bertz CT molecular complexity index is 907. The number of rotatable bonds is 8. The van der Waals surface area contributed by atoms with E-state index in [1.165, 1.54) is 25.7 Å². The van der Waals surface area contributed by atoms with Crippen LogP contribution in [0.3, 0.4) is 0 Å².